The Hall–Kier alpha value is -0.0800. The standard InChI is InChI=1S/C18H36N2/c1-3-7-15-10-11-18(19)17(12-15)14-20(2)13-16-8-5-4-6-9-16/h15-18H,3-14,19H2,1-2H3. The Balaban J connectivity index is 1.74. The van der Waals surface area contributed by atoms with Gasteiger partial charge in [-0.15, -0.1) is 0 Å². The average Bonchev–Trinajstić information content (AvgIpc) is 2.44. The van der Waals surface area contributed by atoms with E-state index in [4.69, 9.17) is 5.73 Å². The molecule has 0 spiro atoms. The summed E-state index contributed by atoms with van der Waals surface area (Å²) in [4.78, 5) is 2.59. The molecule has 0 aromatic carbocycles. The minimum atomic E-state index is 0.455. The number of nitrogens with two attached hydrogens (primary N) is 1. The van der Waals surface area contributed by atoms with Crippen molar-refractivity contribution in [3.05, 3.63) is 0 Å². The Morgan fingerprint density at radius 1 is 0.950 bits per heavy atom. The molecular weight excluding hydrogens is 244 g/mol. The lowest BCUT2D eigenvalue weighted by Crippen LogP contribution is -2.43. The fraction of sp³-hybridized carbons (Fsp3) is 1.00. The third kappa shape index (κ3) is 5.04. The predicted molar refractivity (Wildman–Crippen MR) is 87.8 cm³/mol. The SMILES string of the molecule is CCCC1CCC(N)C(CN(C)CC2CCCCC2)C1. The molecule has 2 heteroatoms. The topological polar surface area (TPSA) is 29.3 Å². The van der Waals surface area contributed by atoms with Gasteiger partial charge < -0.3 is 10.6 Å². The highest BCUT2D eigenvalue weighted by Crippen LogP contribution is 2.32. The predicted octanol–water partition coefficient (Wildman–Crippen LogP) is 4.04. The molecule has 0 aromatic heterocycles. The summed E-state index contributed by atoms with van der Waals surface area (Å²) >= 11 is 0. The molecule has 2 nitrogen and oxygen atoms in total. The maximum atomic E-state index is 6.39. The summed E-state index contributed by atoms with van der Waals surface area (Å²) in [6, 6.07) is 0.455. The summed E-state index contributed by atoms with van der Waals surface area (Å²) < 4.78 is 0. The van der Waals surface area contributed by atoms with Crippen molar-refractivity contribution in [2.45, 2.75) is 77.2 Å². The molecule has 2 aliphatic carbocycles. The first-order valence-electron chi connectivity index (χ1n) is 9.13. The first-order chi connectivity index (χ1) is 9.69. The van der Waals surface area contributed by atoms with Crippen LogP contribution in [0, 0.1) is 17.8 Å². The van der Waals surface area contributed by atoms with Crippen molar-refractivity contribution in [1.29, 1.82) is 0 Å². The fourth-order valence-electron chi connectivity index (χ4n) is 4.55. The zero-order valence-electron chi connectivity index (χ0n) is 13.8. The Kier molecular flexibility index (Phi) is 6.83. The molecule has 2 aliphatic rings. The minimum absolute atomic E-state index is 0.455. The summed E-state index contributed by atoms with van der Waals surface area (Å²) in [6.07, 6.45) is 14.1. The Morgan fingerprint density at radius 2 is 1.70 bits per heavy atom. The molecule has 3 unspecified atom stereocenters. The van der Waals surface area contributed by atoms with Crippen LogP contribution >= 0.6 is 0 Å². The van der Waals surface area contributed by atoms with Gasteiger partial charge >= 0.3 is 0 Å². The third-order valence-corrected chi connectivity index (χ3v) is 5.69. The van der Waals surface area contributed by atoms with Crippen molar-refractivity contribution in [3.63, 3.8) is 0 Å². The van der Waals surface area contributed by atoms with Crippen LogP contribution in [0.1, 0.15) is 71.1 Å². The smallest absolute Gasteiger partial charge is 0.00795 e. The van der Waals surface area contributed by atoms with Crippen molar-refractivity contribution in [2.75, 3.05) is 20.1 Å². The first-order valence-corrected chi connectivity index (χ1v) is 9.13. The van der Waals surface area contributed by atoms with Crippen molar-refractivity contribution in [2.24, 2.45) is 23.5 Å². The average molecular weight is 280 g/mol. The van der Waals surface area contributed by atoms with E-state index in [1.54, 1.807) is 0 Å². The maximum Gasteiger partial charge on any atom is 0.00795 e. The number of nitrogens with zero attached hydrogens (tertiary/aromatic N) is 1. The summed E-state index contributed by atoms with van der Waals surface area (Å²) in [5.41, 5.74) is 6.39. The normalized spacial score (nSPS) is 32.7. The highest BCUT2D eigenvalue weighted by atomic mass is 15.1. The zero-order valence-corrected chi connectivity index (χ0v) is 13.8. The van der Waals surface area contributed by atoms with E-state index >= 15 is 0 Å². The van der Waals surface area contributed by atoms with Crippen LogP contribution in [0.4, 0.5) is 0 Å². The van der Waals surface area contributed by atoms with Gasteiger partial charge in [0, 0.05) is 19.1 Å². The molecule has 0 heterocycles. The lowest BCUT2D eigenvalue weighted by atomic mass is 9.76. The number of hydrogen-bond donors (Lipinski definition) is 1. The molecule has 2 N–H and O–H groups in total. The summed E-state index contributed by atoms with van der Waals surface area (Å²) in [6.45, 7) is 4.86. The summed E-state index contributed by atoms with van der Waals surface area (Å²) in [7, 11) is 2.32. The van der Waals surface area contributed by atoms with Crippen molar-refractivity contribution in [3.8, 4) is 0 Å². The second-order valence-electron chi connectivity index (χ2n) is 7.62. The van der Waals surface area contributed by atoms with Crippen LogP contribution in [0.25, 0.3) is 0 Å². The van der Waals surface area contributed by atoms with E-state index in [0.717, 1.165) is 17.8 Å². The van der Waals surface area contributed by atoms with Gasteiger partial charge in [-0.05, 0) is 56.9 Å². The van der Waals surface area contributed by atoms with Gasteiger partial charge in [-0.25, -0.2) is 0 Å². The van der Waals surface area contributed by atoms with E-state index in [1.807, 2.05) is 0 Å². The first kappa shape index (κ1) is 16.3. The maximum absolute atomic E-state index is 6.39. The van der Waals surface area contributed by atoms with Crippen LogP contribution < -0.4 is 5.73 Å². The van der Waals surface area contributed by atoms with Crippen molar-refractivity contribution < 1.29 is 0 Å². The second-order valence-corrected chi connectivity index (χ2v) is 7.62. The van der Waals surface area contributed by atoms with Crippen molar-refractivity contribution >= 4 is 0 Å². The molecule has 20 heavy (non-hydrogen) atoms. The van der Waals surface area contributed by atoms with Gasteiger partial charge in [0.15, 0.2) is 0 Å². The van der Waals surface area contributed by atoms with Gasteiger partial charge in [-0.1, -0.05) is 39.0 Å². The van der Waals surface area contributed by atoms with Gasteiger partial charge in [0.25, 0.3) is 0 Å². The van der Waals surface area contributed by atoms with E-state index in [0.29, 0.717) is 6.04 Å². The van der Waals surface area contributed by atoms with Gasteiger partial charge in [-0.2, -0.15) is 0 Å². The van der Waals surface area contributed by atoms with Crippen LogP contribution in [0.2, 0.25) is 0 Å². The zero-order chi connectivity index (χ0) is 14.4. The van der Waals surface area contributed by atoms with E-state index < -0.39 is 0 Å². The van der Waals surface area contributed by atoms with Crippen LogP contribution in [-0.2, 0) is 0 Å². The molecule has 2 rings (SSSR count). The molecular formula is C18H36N2. The molecule has 2 saturated carbocycles. The number of rotatable bonds is 6. The molecule has 0 amide bonds. The van der Waals surface area contributed by atoms with E-state index in [2.05, 4.69) is 18.9 Å². The number of hydrogen-bond acceptors (Lipinski definition) is 2. The largest absolute Gasteiger partial charge is 0.327 e. The minimum Gasteiger partial charge on any atom is -0.327 e. The van der Waals surface area contributed by atoms with Gasteiger partial charge in [0.2, 0.25) is 0 Å². The van der Waals surface area contributed by atoms with E-state index in [-0.39, 0.29) is 0 Å². The molecule has 0 aliphatic heterocycles. The van der Waals surface area contributed by atoms with Gasteiger partial charge in [0.05, 0.1) is 0 Å². The van der Waals surface area contributed by atoms with Crippen molar-refractivity contribution in [1.82, 2.24) is 4.90 Å². The molecule has 0 bridgehead atoms. The van der Waals surface area contributed by atoms with E-state index in [1.165, 1.54) is 77.3 Å². The van der Waals surface area contributed by atoms with Crippen LogP contribution in [0.3, 0.4) is 0 Å². The van der Waals surface area contributed by atoms with Crippen LogP contribution in [0.5, 0.6) is 0 Å². The monoisotopic (exact) mass is 280 g/mol. The Labute approximate surface area is 126 Å². The molecule has 2 fully saturated rings. The summed E-state index contributed by atoms with van der Waals surface area (Å²) in [5.74, 6) is 2.65. The van der Waals surface area contributed by atoms with Gasteiger partial charge in [0.1, 0.15) is 0 Å². The Bertz CT molecular complexity index is 260. The second kappa shape index (κ2) is 8.38. The molecule has 118 valence electrons. The van der Waals surface area contributed by atoms with Crippen LogP contribution in [0.15, 0.2) is 0 Å². The molecule has 3 atom stereocenters. The third-order valence-electron chi connectivity index (χ3n) is 5.69. The molecule has 0 aromatic rings. The lowest BCUT2D eigenvalue weighted by Gasteiger charge is -2.37. The lowest BCUT2D eigenvalue weighted by molar-refractivity contribution is 0.149. The quantitative estimate of drug-likeness (QED) is 0.795. The highest BCUT2D eigenvalue weighted by molar-refractivity contribution is 4.84. The van der Waals surface area contributed by atoms with E-state index in [9.17, 15) is 0 Å². The van der Waals surface area contributed by atoms with Gasteiger partial charge in [-0.3, -0.25) is 0 Å². The Morgan fingerprint density at radius 3 is 2.40 bits per heavy atom. The van der Waals surface area contributed by atoms with Crippen LogP contribution in [-0.4, -0.2) is 31.1 Å². The molecule has 0 radical (unpaired) electrons. The fourth-order valence-corrected chi connectivity index (χ4v) is 4.55. The summed E-state index contributed by atoms with van der Waals surface area (Å²) in [5, 5.41) is 0. The molecule has 0 saturated heterocycles. The highest BCUT2D eigenvalue weighted by Gasteiger charge is 2.29.